The molecule has 3 nitrogen and oxygen atoms in total. The van der Waals surface area contributed by atoms with E-state index >= 15 is 0 Å². The van der Waals surface area contributed by atoms with Crippen LogP contribution in [0.2, 0.25) is 0 Å². The van der Waals surface area contributed by atoms with Crippen LogP contribution in [0.1, 0.15) is 35.6 Å². The molecule has 1 saturated carbocycles. The molecule has 1 fully saturated rings. The van der Waals surface area contributed by atoms with Crippen LogP contribution < -0.4 is 0 Å². The van der Waals surface area contributed by atoms with E-state index in [2.05, 4.69) is 64.3 Å². The Labute approximate surface area is 144 Å². The summed E-state index contributed by atoms with van der Waals surface area (Å²) in [6.07, 6.45) is 2.49. The number of hydrogen-bond donors (Lipinski definition) is 0. The van der Waals surface area contributed by atoms with Crippen molar-refractivity contribution in [1.82, 2.24) is 14.8 Å². The largest absolute Gasteiger partial charge is 0.298 e. The van der Waals surface area contributed by atoms with Gasteiger partial charge in [-0.1, -0.05) is 41.6 Å². The van der Waals surface area contributed by atoms with Gasteiger partial charge in [0.15, 0.2) is 11.0 Å². The van der Waals surface area contributed by atoms with Crippen LogP contribution in [0.15, 0.2) is 40.9 Å². The topological polar surface area (TPSA) is 30.7 Å². The van der Waals surface area contributed by atoms with Crippen molar-refractivity contribution >= 4 is 23.1 Å². The van der Waals surface area contributed by atoms with Crippen molar-refractivity contribution in [2.24, 2.45) is 0 Å². The molecule has 0 unspecified atom stereocenters. The zero-order chi connectivity index (χ0) is 15.8. The first-order valence-electron chi connectivity index (χ1n) is 7.90. The fourth-order valence-electron chi connectivity index (χ4n) is 2.71. The molecule has 0 saturated heterocycles. The molecule has 23 heavy (non-hydrogen) atoms. The number of hydrogen-bond acceptors (Lipinski definition) is 4. The highest BCUT2D eigenvalue weighted by molar-refractivity contribution is 7.98. The fraction of sp³-hybridized carbons (Fsp3) is 0.333. The number of benzene rings is 1. The Bertz CT molecular complexity index is 817. The molecule has 5 heteroatoms. The minimum atomic E-state index is 0.586. The quantitative estimate of drug-likeness (QED) is 0.594. The van der Waals surface area contributed by atoms with Crippen LogP contribution >= 0.6 is 23.1 Å². The predicted molar refractivity (Wildman–Crippen MR) is 97.1 cm³/mol. The lowest BCUT2D eigenvalue weighted by Gasteiger charge is -2.09. The molecule has 3 aromatic rings. The molecular formula is C18H19N3S2. The highest BCUT2D eigenvalue weighted by Gasteiger charge is 2.30. The summed E-state index contributed by atoms with van der Waals surface area (Å²) >= 11 is 3.54. The summed E-state index contributed by atoms with van der Waals surface area (Å²) < 4.78 is 2.35. The van der Waals surface area contributed by atoms with E-state index in [1.807, 2.05) is 0 Å². The molecular weight excluding hydrogens is 322 g/mol. The van der Waals surface area contributed by atoms with Crippen LogP contribution in [0.3, 0.4) is 0 Å². The van der Waals surface area contributed by atoms with Crippen LogP contribution in [0.4, 0.5) is 0 Å². The van der Waals surface area contributed by atoms with Crippen molar-refractivity contribution in [3.63, 3.8) is 0 Å². The van der Waals surface area contributed by atoms with Gasteiger partial charge in [0.1, 0.15) is 0 Å². The zero-order valence-corrected chi connectivity index (χ0v) is 15.0. The fourth-order valence-corrected chi connectivity index (χ4v) is 4.48. The molecule has 0 N–H and O–H groups in total. The second kappa shape index (κ2) is 6.13. The molecule has 0 aliphatic heterocycles. The number of aryl methyl sites for hydroxylation is 2. The minimum Gasteiger partial charge on any atom is -0.298 e. The lowest BCUT2D eigenvalue weighted by atomic mass is 10.1. The van der Waals surface area contributed by atoms with Gasteiger partial charge in [-0.2, -0.15) is 0 Å². The van der Waals surface area contributed by atoms with Crippen molar-refractivity contribution in [3.8, 4) is 10.7 Å². The molecule has 118 valence electrons. The Morgan fingerprint density at radius 3 is 2.83 bits per heavy atom. The third-order valence-corrected chi connectivity index (χ3v) is 6.04. The van der Waals surface area contributed by atoms with E-state index in [4.69, 9.17) is 0 Å². The van der Waals surface area contributed by atoms with Crippen LogP contribution in [0, 0.1) is 13.8 Å². The molecule has 1 aromatic carbocycles. The molecule has 0 amide bonds. The average molecular weight is 342 g/mol. The van der Waals surface area contributed by atoms with Crippen LogP contribution in [0.5, 0.6) is 0 Å². The van der Waals surface area contributed by atoms with Gasteiger partial charge in [-0.25, -0.2) is 0 Å². The van der Waals surface area contributed by atoms with Gasteiger partial charge in [-0.3, -0.25) is 4.57 Å². The average Bonchev–Trinajstić information content (AvgIpc) is 3.08. The van der Waals surface area contributed by atoms with E-state index in [1.165, 1.54) is 34.4 Å². The van der Waals surface area contributed by atoms with Crippen molar-refractivity contribution in [2.75, 3.05) is 0 Å². The van der Waals surface area contributed by atoms with Gasteiger partial charge in [0, 0.05) is 11.8 Å². The molecule has 1 aliphatic rings. The van der Waals surface area contributed by atoms with E-state index in [9.17, 15) is 0 Å². The Morgan fingerprint density at radius 1 is 1.22 bits per heavy atom. The normalized spacial score (nSPS) is 14.3. The third kappa shape index (κ3) is 3.08. The second-order valence-electron chi connectivity index (χ2n) is 6.10. The maximum absolute atomic E-state index is 4.48. The maximum Gasteiger partial charge on any atom is 0.192 e. The summed E-state index contributed by atoms with van der Waals surface area (Å²) in [4.78, 5) is 1.21. The standard InChI is InChI=1S/C18H19N3S2/c1-12-5-6-13(2)14(10-12)11-23-18-20-19-17(16-4-3-9-22-16)21(18)15-7-8-15/h3-6,9-10,15H,7-8,11H2,1-2H3. The molecule has 0 radical (unpaired) electrons. The Morgan fingerprint density at radius 2 is 2.09 bits per heavy atom. The lowest BCUT2D eigenvalue weighted by molar-refractivity contribution is 0.670. The van der Waals surface area contributed by atoms with Gasteiger partial charge in [-0.15, -0.1) is 21.5 Å². The van der Waals surface area contributed by atoms with E-state index in [1.54, 1.807) is 23.1 Å². The van der Waals surface area contributed by atoms with E-state index < -0.39 is 0 Å². The Balaban J connectivity index is 1.61. The van der Waals surface area contributed by atoms with Gasteiger partial charge in [0.05, 0.1) is 4.88 Å². The first-order valence-corrected chi connectivity index (χ1v) is 9.76. The van der Waals surface area contributed by atoms with Crippen molar-refractivity contribution in [2.45, 2.75) is 43.6 Å². The van der Waals surface area contributed by atoms with Crippen molar-refractivity contribution < 1.29 is 0 Å². The van der Waals surface area contributed by atoms with Crippen molar-refractivity contribution in [3.05, 3.63) is 52.4 Å². The molecule has 0 spiro atoms. The Kier molecular flexibility index (Phi) is 3.99. The summed E-state index contributed by atoms with van der Waals surface area (Å²) in [7, 11) is 0. The number of thiophene rings is 1. The summed E-state index contributed by atoms with van der Waals surface area (Å²) in [6, 6.07) is 11.4. The van der Waals surface area contributed by atoms with Gasteiger partial charge >= 0.3 is 0 Å². The van der Waals surface area contributed by atoms with Gasteiger partial charge in [-0.05, 0) is 49.3 Å². The van der Waals surface area contributed by atoms with E-state index in [0.29, 0.717) is 6.04 Å². The number of aromatic nitrogens is 3. The van der Waals surface area contributed by atoms with Crippen molar-refractivity contribution in [1.29, 1.82) is 0 Å². The van der Waals surface area contributed by atoms with E-state index in [0.717, 1.165) is 16.7 Å². The van der Waals surface area contributed by atoms with Crippen LogP contribution in [-0.4, -0.2) is 14.8 Å². The first kappa shape index (κ1) is 15.0. The number of nitrogens with zero attached hydrogens (tertiary/aromatic N) is 3. The molecule has 0 bridgehead atoms. The zero-order valence-electron chi connectivity index (χ0n) is 13.3. The molecule has 0 atom stereocenters. The molecule has 2 heterocycles. The van der Waals surface area contributed by atoms with Gasteiger partial charge in [0.2, 0.25) is 0 Å². The Hall–Kier alpha value is -1.59. The lowest BCUT2D eigenvalue weighted by Crippen LogP contribution is -1.99. The highest BCUT2D eigenvalue weighted by atomic mass is 32.2. The van der Waals surface area contributed by atoms with Crippen LogP contribution in [-0.2, 0) is 5.75 Å². The number of rotatable bonds is 5. The van der Waals surface area contributed by atoms with Crippen LogP contribution in [0.25, 0.3) is 10.7 Å². The summed E-state index contributed by atoms with van der Waals surface area (Å²) in [5.74, 6) is 1.98. The van der Waals surface area contributed by atoms with Gasteiger partial charge < -0.3 is 0 Å². The second-order valence-corrected chi connectivity index (χ2v) is 7.99. The molecule has 2 aromatic heterocycles. The van der Waals surface area contributed by atoms with E-state index in [-0.39, 0.29) is 0 Å². The monoisotopic (exact) mass is 341 g/mol. The highest BCUT2D eigenvalue weighted by Crippen LogP contribution is 2.42. The summed E-state index contributed by atoms with van der Waals surface area (Å²) in [5, 5.41) is 12.1. The number of thioether (sulfide) groups is 1. The first-order chi connectivity index (χ1) is 11.2. The SMILES string of the molecule is Cc1ccc(C)c(CSc2nnc(-c3cccs3)n2C2CC2)c1. The predicted octanol–water partition coefficient (Wildman–Crippen LogP) is 5.25. The minimum absolute atomic E-state index is 0.586. The molecule has 1 aliphatic carbocycles. The summed E-state index contributed by atoms with van der Waals surface area (Å²) in [5.41, 5.74) is 4.05. The smallest absolute Gasteiger partial charge is 0.192 e. The molecule has 4 rings (SSSR count). The summed E-state index contributed by atoms with van der Waals surface area (Å²) in [6.45, 7) is 4.33. The third-order valence-electron chi connectivity index (χ3n) is 4.18. The maximum atomic E-state index is 4.48. The van der Waals surface area contributed by atoms with Gasteiger partial charge in [0.25, 0.3) is 0 Å².